The number of carbonyl (C=O) groups is 2. The molecule has 0 bridgehead atoms. The highest BCUT2D eigenvalue weighted by Gasteiger charge is 2.33. The van der Waals surface area contributed by atoms with Crippen molar-refractivity contribution in [3.63, 3.8) is 0 Å². The molecule has 1 amide bonds. The van der Waals surface area contributed by atoms with Gasteiger partial charge in [0.05, 0.1) is 12.7 Å². The molecule has 1 atom stereocenters. The van der Waals surface area contributed by atoms with Crippen LogP contribution in [-0.4, -0.2) is 59.9 Å². The Bertz CT molecular complexity index is 1460. The summed E-state index contributed by atoms with van der Waals surface area (Å²) in [4.78, 5) is 33.7. The maximum atomic E-state index is 13.3. The average Bonchev–Trinajstić information content (AvgIpc) is 3.37. The van der Waals surface area contributed by atoms with Gasteiger partial charge in [-0.3, -0.25) is 9.69 Å². The van der Waals surface area contributed by atoms with Crippen LogP contribution in [0.1, 0.15) is 27.5 Å². The van der Waals surface area contributed by atoms with Crippen molar-refractivity contribution < 1.29 is 31.9 Å². The second-order valence-electron chi connectivity index (χ2n) is 8.94. The first-order valence-corrected chi connectivity index (χ1v) is 12.0. The topological polar surface area (TPSA) is 75.9 Å². The number of rotatable bonds is 5. The summed E-state index contributed by atoms with van der Waals surface area (Å²) in [6, 6.07) is 18.6. The molecule has 5 rings (SSSR count). The van der Waals surface area contributed by atoms with E-state index in [0.29, 0.717) is 37.3 Å². The van der Waals surface area contributed by atoms with E-state index in [0.717, 1.165) is 17.7 Å². The van der Waals surface area contributed by atoms with Gasteiger partial charge in [0.1, 0.15) is 11.6 Å². The Morgan fingerprint density at radius 1 is 0.947 bits per heavy atom. The quantitative estimate of drug-likeness (QED) is 0.336. The summed E-state index contributed by atoms with van der Waals surface area (Å²) in [5.74, 6) is -0.428. The number of aromatic nitrogens is 1. The van der Waals surface area contributed by atoms with Crippen LogP contribution in [0.5, 0.6) is 0 Å². The third-order valence-electron chi connectivity index (χ3n) is 6.58. The average molecular weight is 524 g/mol. The summed E-state index contributed by atoms with van der Waals surface area (Å²) in [6.07, 6.45) is -4.48. The number of carbonyl (C=O) groups excluding carboxylic acids is 2. The number of piperazine rings is 1. The first-order valence-electron chi connectivity index (χ1n) is 12.0. The largest absolute Gasteiger partial charge is 0.468 e. The molecular weight excluding hydrogens is 499 g/mol. The van der Waals surface area contributed by atoms with Crippen molar-refractivity contribution in [2.75, 3.05) is 33.3 Å². The Morgan fingerprint density at radius 3 is 2.37 bits per heavy atom. The molecule has 7 nitrogen and oxygen atoms in total. The van der Waals surface area contributed by atoms with Crippen LogP contribution in [0.2, 0.25) is 0 Å². The van der Waals surface area contributed by atoms with Crippen LogP contribution in [-0.2, 0) is 15.7 Å². The molecule has 196 valence electrons. The summed E-state index contributed by atoms with van der Waals surface area (Å²) < 4.78 is 49.8. The second-order valence-corrected chi connectivity index (χ2v) is 8.94. The summed E-state index contributed by atoms with van der Waals surface area (Å²) in [5.41, 5.74) is 1.21. The van der Waals surface area contributed by atoms with E-state index in [1.807, 2.05) is 35.2 Å². The lowest BCUT2D eigenvalue weighted by Gasteiger charge is -2.38. The van der Waals surface area contributed by atoms with Gasteiger partial charge in [-0.1, -0.05) is 36.4 Å². The third kappa shape index (κ3) is 5.12. The molecule has 1 aromatic heterocycles. The highest BCUT2D eigenvalue weighted by Crippen LogP contribution is 2.33. The van der Waals surface area contributed by atoms with Gasteiger partial charge < -0.3 is 14.1 Å². The molecule has 1 aliphatic heterocycles. The molecule has 0 unspecified atom stereocenters. The number of fused-ring (bicyclic) bond motifs is 1. The summed E-state index contributed by atoms with van der Waals surface area (Å²) >= 11 is 0. The molecule has 10 heteroatoms. The lowest BCUT2D eigenvalue weighted by atomic mass is 10.0. The van der Waals surface area contributed by atoms with Gasteiger partial charge in [0.25, 0.3) is 5.91 Å². The van der Waals surface area contributed by atoms with Gasteiger partial charge in [-0.25, -0.2) is 9.78 Å². The fourth-order valence-corrected chi connectivity index (χ4v) is 4.62. The van der Waals surface area contributed by atoms with Crippen molar-refractivity contribution in [3.8, 4) is 11.5 Å². The fourth-order valence-electron chi connectivity index (χ4n) is 4.62. The van der Waals surface area contributed by atoms with E-state index in [2.05, 4.69) is 4.98 Å². The number of halogens is 3. The molecule has 0 saturated carbocycles. The van der Waals surface area contributed by atoms with Gasteiger partial charge in [0.2, 0.25) is 5.89 Å². The van der Waals surface area contributed by atoms with Crippen LogP contribution in [0, 0.1) is 0 Å². The number of oxazole rings is 1. The van der Waals surface area contributed by atoms with Gasteiger partial charge in [-0.05, 0) is 42.0 Å². The van der Waals surface area contributed by atoms with E-state index in [4.69, 9.17) is 9.15 Å². The van der Waals surface area contributed by atoms with E-state index in [1.165, 1.54) is 13.2 Å². The van der Waals surface area contributed by atoms with E-state index >= 15 is 0 Å². The van der Waals surface area contributed by atoms with Gasteiger partial charge in [-0.2, -0.15) is 13.2 Å². The van der Waals surface area contributed by atoms with E-state index in [1.54, 1.807) is 29.2 Å². The van der Waals surface area contributed by atoms with Gasteiger partial charge in [0, 0.05) is 37.3 Å². The number of esters is 1. The number of ether oxygens (including phenoxy) is 1. The van der Waals surface area contributed by atoms with Crippen LogP contribution in [0.15, 0.2) is 77.2 Å². The van der Waals surface area contributed by atoms with Crippen LogP contribution in [0.4, 0.5) is 13.2 Å². The zero-order chi connectivity index (χ0) is 26.9. The van der Waals surface area contributed by atoms with Crippen molar-refractivity contribution in [2.24, 2.45) is 0 Å². The third-order valence-corrected chi connectivity index (χ3v) is 6.58. The number of alkyl halides is 3. The van der Waals surface area contributed by atoms with Crippen LogP contribution in [0.25, 0.3) is 22.6 Å². The lowest BCUT2D eigenvalue weighted by Crippen LogP contribution is -2.51. The van der Waals surface area contributed by atoms with Crippen LogP contribution < -0.4 is 0 Å². The van der Waals surface area contributed by atoms with Crippen molar-refractivity contribution >= 4 is 23.0 Å². The van der Waals surface area contributed by atoms with Gasteiger partial charge in [-0.15, -0.1) is 0 Å². The monoisotopic (exact) mass is 523 g/mol. The lowest BCUT2D eigenvalue weighted by molar-refractivity contribution is -0.148. The van der Waals surface area contributed by atoms with Crippen molar-refractivity contribution in [2.45, 2.75) is 12.2 Å². The van der Waals surface area contributed by atoms with Crippen molar-refractivity contribution in [1.29, 1.82) is 0 Å². The summed E-state index contributed by atoms with van der Waals surface area (Å²) in [5, 5.41) is 0. The van der Waals surface area contributed by atoms with Crippen molar-refractivity contribution in [3.05, 3.63) is 89.5 Å². The number of amides is 1. The predicted octanol–water partition coefficient (Wildman–Crippen LogP) is 5.19. The maximum Gasteiger partial charge on any atom is 0.416 e. The molecule has 4 aromatic rings. The van der Waals surface area contributed by atoms with Gasteiger partial charge in [0.15, 0.2) is 5.58 Å². The predicted molar refractivity (Wildman–Crippen MR) is 133 cm³/mol. The number of hydrogen-bond acceptors (Lipinski definition) is 6. The fraction of sp³-hybridized carbons (Fsp3) is 0.250. The SMILES string of the molecule is COC(=O)[C@@H](c1ccccc1)N1CCN(C(=O)c2cccc(-c3nc4cc(C(F)(F)F)ccc4o3)c2)CC1. The second kappa shape index (κ2) is 10.3. The van der Waals surface area contributed by atoms with Crippen molar-refractivity contribution in [1.82, 2.24) is 14.8 Å². The molecule has 2 heterocycles. The molecule has 0 radical (unpaired) electrons. The van der Waals surface area contributed by atoms with E-state index < -0.39 is 17.8 Å². The number of methoxy groups -OCH3 is 1. The molecule has 3 aromatic carbocycles. The normalized spacial score (nSPS) is 15.4. The highest BCUT2D eigenvalue weighted by molar-refractivity contribution is 5.95. The number of nitrogens with zero attached hydrogens (tertiary/aromatic N) is 3. The summed E-state index contributed by atoms with van der Waals surface area (Å²) in [6.45, 7) is 1.78. The molecule has 0 aliphatic carbocycles. The maximum absolute atomic E-state index is 13.3. The molecule has 0 spiro atoms. The van der Waals surface area contributed by atoms with E-state index in [-0.39, 0.29) is 28.9 Å². The standard InChI is InChI=1S/C28H24F3N3O4/c1-37-27(36)24(18-6-3-2-4-7-18)33-12-14-34(15-13-33)26(35)20-9-5-8-19(16-20)25-32-22-17-21(28(29,30)31)10-11-23(22)38-25/h2-11,16-17,24H,12-15H2,1H3/t24-/m1/s1. The highest BCUT2D eigenvalue weighted by atomic mass is 19.4. The minimum absolute atomic E-state index is 0.0845. The first kappa shape index (κ1) is 25.5. The van der Waals surface area contributed by atoms with Crippen LogP contribution in [0.3, 0.4) is 0 Å². The summed E-state index contributed by atoms with van der Waals surface area (Å²) in [7, 11) is 1.36. The number of benzene rings is 3. The minimum atomic E-state index is -4.48. The molecule has 0 N–H and O–H groups in total. The Labute approximate surface area is 216 Å². The molecular formula is C28H24F3N3O4. The molecule has 38 heavy (non-hydrogen) atoms. The minimum Gasteiger partial charge on any atom is -0.468 e. The first-order chi connectivity index (χ1) is 18.2. The Morgan fingerprint density at radius 2 is 1.68 bits per heavy atom. The van der Waals surface area contributed by atoms with E-state index in [9.17, 15) is 22.8 Å². The van der Waals surface area contributed by atoms with Gasteiger partial charge >= 0.3 is 12.1 Å². The zero-order valence-corrected chi connectivity index (χ0v) is 20.4. The Hall–Kier alpha value is -4.18. The Kier molecular flexibility index (Phi) is 6.90. The zero-order valence-electron chi connectivity index (χ0n) is 20.4. The number of hydrogen-bond donors (Lipinski definition) is 0. The van der Waals surface area contributed by atoms with Crippen LogP contribution >= 0.6 is 0 Å². The Balaban J connectivity index is 1.31. The molecule has 1 saturated heterocycles. The molecule has 1 fully saturated rings. The smallest absolute Gasteiger partial charge is 0.416 e. The molecule has 1 aliphatic rings.